The Kier molecular flexibility index (Phi) is 27.4. The molecule has 0 aliphatic carbocycles. The number of hydrogen-bond acceptors (Lipinski definition) is 3. The normalized spacial score (nSPS) is 17.0. The first kappa shape index (κ1) is 39.5. The minimum Gasteiger partial charge on any atom is -0.357 e. The maximum absolute atomic E-state index is 6.79. The molecule has 0 saturated heterocycles. The second kappa shape index (κ2) is 29.2. The Hall–Kier alpha value is -0.570. The summed E-state index contributed by atoms with van der Waals surface area (Å²) in [6.45, 7) is 8.86. The van der Waals surface area contributed by atoms with E-state index in [0.29, 0.717) is 0 Å². The average molecular weight is 590 g/mol. The highest BCUT2D eigenvalue weighted by Crippen LogP contribution is 2.25. The number of aliphatic imine (C=N–C) groups is 1. The first-order valence-corrected chi connectivity index (χ1v) is 19.8. The predicted molar refractivity (Wildman–Crippen MR) is 191 cm³/mol. The van der Waals surface area contributed by atoms with Crippen molar-refractivity contribution in [2.24, 2.45) is 10.7 Å². The highest BCUT2D eigenvalue weighted by molar-refractivity contribution is 5.84. The summed E-state index contributed by atoms with van der Waals surface area (Å²) in [5.41, 5.74) is 6.47. The van der Waals surface area contributed by atoms with Crippen molar-refractivity contribution >= 4 is 5.84 Å². The lowest BCUT2D eigenvalue weighted by Gasteiger charge is -2.24. The summed E-state index contributed by atoms with van der Waals surface area (Å²) in [6.07, 6.45) is 44.7. The van der Waals surface area contributed by atoms with Gasteiger partial charge in [-0.25, -0.2) is 4.99 Å². The van der Waals surface area contributed by atoms with Gasteiger partial charge in [0.1, 0.15) is 11.5 Å². The number of amidine groups is 1. The van der Waals surface area contributed by atoms with Crippen LogP contribution in [0.1, 0.15) is 226 Å². The Morgan fingerprint density at radius 1 is 0.476 bits per heavy atom. The van der Waals surface area contributed by atoms with Crippen LogP contribution in [0.2, 0.25) is 0 Å². The molecule has 0 saturated carbocycles. The first-order chi connectivity index (χ1) is 20.6. The van der Waals surface area contributed by atoms with Crippen molar-refractivity contribution in [3.8, 4) is 0 Å². The molecule has 0 bridgehead atoms. The SMILES string of the molecule is CCCCCCCCCCCCCCCCCCC1=NC(N)(CCCCCCCCCCCCCCCC)CN1CC. The van der Waals surface area contributed by atoms with Gasteiger partial charge in [0.25, 0.3) is 0 Å². The first-order valence-electron chi connectivity index (χ1n) is 19.8. The van der Waals surface area contributed by atoms with Crippen LogP contribution in [0.5, 0.6) is 0 Å². The Morgan fingerprint density at radius 2 is 0.786 bits per heavy atom. The van der Waals surface area contributed by atoms with Crippen LogP contribution in [0.15, 0.2) is 4.99 Å². The molecule has 2 N–H and O–H groups in total. The number of rotatable bonds is 33. The topological polar surface area (TPSA) is 41.6 Å². The van der Waals surface area contributed by atoms with Crippen molar-refractivity contribution in [3.05, 3.63) is 0 Å². The molecular formula is C39H79N3. The zero-order valence-corrected chi connectivity index (χ0v) is 29.5. The number of nitrogens with zero attached hydrogens (tertiary/aromatic N) is 2. The van der Waals surface area contributed by atoms with E-state index in [-0.39, 0.29) is 5.66 Å². The van der Waals surface area contributed by atoms with Gasteiger partial charge in [0, 0.05) is 13.0 Å². The fourth-order valence-electron chi connectivity index (χ4n) is 6.89. The van der Waals surface area contributed by atoms with Gasteiger partial charge in [-0.15, -0.1) is 0 Å². The van der Waals surface area contributed by atoms with E-state index in [4.69, 9.17) is 10.7 Å². The molecule has 1 aliphatic heterocycles. The lowest BCUT2D eigenvalue weighted by atomic mass is 10.0. The van der Waals surface area contributed by atoms with Crippen molar-refractivity contribution < 1.29 is 0 Å². The number of likely N-dealkylation sites (N-methyl/N-ethyl adjacent to an activating group) is 1. The molecule has 3 heteroatoms. The highest BCUT2D eigenvalue weighted by Gasteiger charge is 2.34. The zero-order valence-electron chi connectivity index (χ0n) is 29.5. The van der Waals surface area contributed by atoms with Crippen LogP contribution in [-0.2, 0) is 0 Å². The Labute approximate surface area is 266 Å². The monoisotopic (exact) mass is 590 g/mol. The molecule has 1 unspecified atom stereocenters. The largest absolute Gasteiger partial charge is 0.357 e. The summed E-state index contributed by atoms with van der Waals surface area (Å²) in [5.74, 6) is 1.30. The molecule has 0 aromatic heterocycles. The van der Waals surface area contributed by atoms with Crippen molar-refractivity contribution in [1.82, 2.24) is 4.90 Å². The van der Waals surface area contributed by atoms with E-state index in [0.717, 1.165) is 25.9 Å². The van der Waals surface area contributed by atoms with E-state index in [9.17, 15) is 0 Å². The van der Waals surface area contributed by atoms with E-state index >= 15 is 0 Å². The maximum atomic E-state index is 6.79. The predicted octanol–water partition coefficient (Wildman–Crippen LogP) is 12.9. The quantitative estimate of drug-likeness (QED) is 0.0773. The van der Waals surface area contributed by atoms with Crippen LogP contribution in [0.25, 0.3) is 0 Å². The van der Waals surface area contributed by atoms with Gasteiger partial charge in [0.2, 0.25) is 0 Å². The van der Waals surface area contributed by atoms with Crippen LogP contribution in [0.3, 0.4) is 0 Å². The van der Waals surface area contributed by atoms with Gasteiger partial charge in [0.05, 0.1) is 6.54 Å². The summed E-state index contributed by atoms with van der Waals surface area (Å²) in [7, 11) is 0. The molecule has 1 aliphatic rings. The fraction of sp³-hybridized carbons (Fsp3) is 0.974. The van der Waals surface area contributed by atoms with Crippen LogP contribution in [-0.4, -0.2) is 29.5 Å². The molecule has 0 aromatic carbocycles. The summed E-state index contributed by atoms with van der Waals surface area (Å²) >= 11 is 0. The van der Waals surface area contributed by atoms with Gasteiger partial charge in [-0.3, -0.25) is 0 Å². The van der Waals surface area contributed by atoms with Gasteiger partial charge in [-0.2, -0.15) is 0 Å². The molecule has 42 heavy (non-hydrogen) atoms. The molecule has 0 radical (unpaired) electrons. The number of nitrogens with two attached hydrogens (primary N) is 1. The highest BCUT2D eigenvalue weighted by atomic mass is 15.3. The van der Waals surface area contributed by atoms with Crippen molar-refractivity contribution in [1.29, 1.82) is 0 Å². The minimum absolute atomic E-state index is 0.322. The van der Waals surface area contributed by atoms with Crippen LogP contribution >= 0.6 is 0 Å². The van der Waals surface area contributed by atoms with Gasteiger partial charge in [-0.1, -0.05) is 194 Å². The molecule has 0 fully saturated rings. The Morgan fingerprint density at radius 3 is 1.12 bits per heavy atom. The molecular weight excluding hydrogens is 510 g/mol. The second-order valence-electron chi connectivity index (χ2n) is 14.0. The fourth-order valence-corrected chi connectivity index (χ4v) is 6.89. The van der Waals surface area contributed by atoms with E-state index in [1.807, 2.05) is 0 Å². The van der Waals surface area contributed by atoms with E-state index < -0.39 is 0 Å². The number of hydrogen-bond donors (Lipinski definition) is 1. The summed E-state index contributed by atoms with van der Waals surface area (Å²) in [5, 5.41) is 0. The van der Waals surface area contributed by atoms with Gasteiger partial charge in [-0.05, 0) is 26.2 Å². The smallest absolute Gasteiger partial charge is 0.127 e. The van der Waals surface area contributed by atoms with Crippen molar-refractivity contribution in [2.45, 2.75) is 232 Å². The molecule has 3 nitrogen and oxygen atoms in total. The van der Waals surface area contributed by atoms with E-state index in [1.54, 1.807) is 0 Å². The van der Waals surface area contributed by atoms with Crippen molar-refractivity contribution in [2.75, 3.05) is 13.1 Å². The van der Waals surface area contributed by atoms with E-state index in [1.165, 1.54) is 198 Å². The van der Waals surface area contributed by atoms with Crippen LogP contribution in [0, 0.1) is 0 Å². The van der Waals surface area contributed by atoms with Crippen LogP contribution in [0.4, 0.5) is 0 Å². The lowest BCUT2D eigenvalue weighted by Crippen LogP contribution is -2.43. The molecule has 1 rings (SSSR count). The molecule has 0 aromatic rings. The second-order valence-corrected chi connectivity index (χ2v) is 14.0. The molecule has 1 atom stereocenters. The van der Waals surface area contributed by atoms with Gasteiger partial charge < -0.3 is 10.6 Å². The standard InChI is InChI=1S/C39H79N3/c1-4-7-9-11-13-15-17-19-21-22-23-25-27-29-31-33-35-38-41-39(40,37-42(38)6-3)36-34-32-30-28-26-24-20-18-16-14-12-10-8-5-2/h4-37,40H2,1-3H3. The van der Waals surface area contributed by atoms with Crippen LogP contribution < -0.4 is 5.73 Å². The zero-order chi connectivity index (χ0) is 30.4. The summed E-state index contributed by atoms with van der Waals surface area (Å²) in [4.78, 5) is 7.57. The third-order valence-electron chi connectivity index (χ3n) is 9.78. The summed E-state index contributed by atoms with van der Waals surface area (Å²) < 4.78 is 0. The molecule has 0 amide bonds. The number of unbranched alkanes of at least 4 members (excludes halogenated alkanes) is 28. The molecule has 250 valence electrons. The minimum atomic E-state index is -0.322. The third kappa shape index (κ3) is 22.9. The average Bonchev–Trinajstić information content (AvgIpc) is 3.32. The Bertz CT molecular complexity index is 588. The lowest BCUT2D eigenvalue weighted by molar-refractivity contribution is 0.326. The molecule has 0 spiro atoms. The summed E-state index contributed by atoms with van der Waals surface area (Å²) in [6, 6.07) is 0. The molecule has 1 heterocycles. The third-order valence-corrected chi connectivity index (χ3v) is 9.78. The van der Waals surface area contributed by atoms with E-state index in [2.05, 4.69) is 25.7 Å². The Balaban J connectivity index is 1.96. The maximum Gasteiger partial charge on any atom is 0.127 e. The van der Waals surface area contributed by atoms with Gasteiger partial charge >= 0.3 is 0 Å². The van der Waals surface area contributed by atoms with Crippen molar-refractivity contribution in [3.63, 3.8) is 0 Å². The van der Waals surface area contributed by atoms with Gasteiger partial charge in [0.15, 0.2) is 0 Å².